The SMILES string of the molecule is CCOc1ccc(S(=O)(=O)N2CCC[C@@H](C(=O)Nc3ccc(S(N)(=O)=O)cc3)C2)cc1. The van der Waals surface area contributed by atoms with Crippen molar-refractivity contribution >= 4 is 31.6 Å². The minimum Gasteiger partial charge on any atom is -0.494 e. The number of sulfonamides is 2. The third-order valence-corrected chi connectivity index (χ3v) is 7.79. The Morgan fingerprint density at radius 1 is 1.06 bits per heavy atom. The van der Waals surface area contributed by atoms with E-state index in [-0.39, 0.29) is 22.2 Å². The van der Waals surface area contributed by atoms with Gasteiger partial charge in [0.2, 0.25) is 26.0 Å². The van der Waals surface area contributed by atoms with Gasteiger partial charge in [0.05, 0.1) is 22.3 Å². The molecule has 11 heteroatoms. The van der Waals surface area contributed by atoms with Crippen LogP contribution in [-0.4, -0.2) is 46.7 Å². The predicted octanol–water partition coefficient (Wildman–Crippen LogP) is 1.77. The van der Waals surface area contributed by atoms with Gasteiger partial charge in [-0.2, -0.15) is 4.31 Å². The number of ether oxygens (including phenoxy) is 1. The number of primary sulfonamides is 1. The highest BCUT2D eigenvalue weighted by Crippen LogP contribution is 2.26. The molecule has 3 N–H and O–H groups in total. The lowest BCUT2D eigenvalue weighted by atomic mass is 9.99. The fourth-order valence-corrected chi connectivity index (χ4v) is 5.41. The molecule has 0 saturated carbocycles. The first-order valence-electron chi connectivity index (χ1n) is 9.78. The summed E-state index contributed by atoms with van der Waals surface area (Å²) in [5, 5.41) is 7.78. The van der Waals surface area contributed by atoms with Gasteiger partial charge in [0.1, 0.15) is 5.75 Å². The molecule has 1 aliphatic heterocycles. The van der Waals surface area contributed by atoms with Gasteiger partial charge in [-0.05, 0) is 68.3 Å². The Morgan fingerprint density at radius 2 is 1.68 bits per heavy atom. The second-order valence-electron chi connectivity index (χ2n) is 7.17. The summed E-state index contributed by atoms with van der Waals surface area (Å²) >= 11 is 0. The lowest BCUT2D eigenvalue weighted by Crippen LogP contribution is -2.43. The summed E-state index contributed by atoms with van der Waals surface area (Å²) in [6.45, 7) is 2.73. The third kappa shape index (κ3) is 5.62. The van der Waals surface area contributed by atoms with Crippen molar-refractivity contribution < 1.29 is 26.4 Å². The monoisotopic (exact) mass is 467 g/mol. The van der Waals surface area contributed by atoms with Crippen molar-refractivity contribution in [2.24, 2.45) is 11.1 Å². The number of piperidine rings is 1. The smallest absolute Gasteiger partial charge is 0.243 e. The van der Waals surface area contributed by atoms with E-state index >= 15 is 0 Å². The minimum atomic E-state index is -3.82. The molecule has 2 aromatic carbocycles. The number of benzene rings is 2. The zero-order valence-electron chi connectivity index (χ0n) is 17.0. The molecule has 31 heavy (non-hydrogen) atoms. The summed E-state index contributed by atoms with van der Waals surface area (Å²) < 4.78 is 55.3. The van der Waals surface area contributed by atoms with Crippen LogP contribution in [0.4, 0.5) is 5.69 Å². The standard InChI is InChI=1S/C20H25N3O6S2/c1-2-29-17-7-11-19(12-8-17)31(27,28)23-13-3-4-15(14-23)20(24)22-16-5-9-18(10-6-16)30(21,25)26/h5-12,15H,2-4,13-14H2,1H3,(H,22,24)(H2,21,25,26)/t15-/m1/s1. The normalized spacial score (nSPS) is 17.8. The Morgan fingerprint density at radius 3 is 2.26 bits per heavy atom. The quantitative estimate of drug-likeness (QED) is 0.637. The molecule has 0 unspecified atom stereocenters. The second kappa shape index (κ2) is 9.35. The first-order valence-corrected chi connectivity index (χ1v) is 12.8. The van der Waals surface area contributed by atoms with Gasteiger partial charge in [0.15, 0.2) is 0 Å². The molecule has 0 radical (unpaired) electrons. The van der Waals surface area contributed by atoms with Crippen molar-refractivity contribution in [3.63, 3.8) is 0 Å². The van der Waals surface area contributed by atoms with E-state index in [1.165, 1.54) is 40.7 Å². The summed E-state index contributed by atoms with van der Waals surface area (Å²) in [6, 6.07) is 11.7. The van der Waals surface area contributed by atoms with Crippen molar-refractivity contribution in [2.75, 3.05) is 25.0 Å². The highest BCUT2D eigenvalue weighted by atomic mass is 32.2. The fraction of sp³-hybridized carbons (Fsp3) is 0.350. The lowest BCUT2D eigenvalue weighted by molar-refractivity contribution is -0.120. The number of nitrogens with one attached hydrogen (secondary N) is 1. The average Bonchev–Trinajstić information content (AvgIpc) is 2.74. The summed E-state index contributed by atoms with van der Waals surface area (Å²) in [7, 11) is -7.56. The zero-order chi connectivity index (χ0) is 22.6. The predicted molar refractivity (Wildman–Crippen MR) is 116 cm³/mol. The van der Waals surface area contributed by atoms with Crippen LogP contribution in [0.15, 0.2) is 58.3 Å². The molecule has 1 saturated heterocycles. The maximum absolute atomic E-state index is 13.0. The number of amides is 1. The van der Waals surface area contributed by atoms with Crippen LogP contribution in [0.5, 0.6) is 5.75 Å². The first-order chi connectivity index (χ1) is 14.6. The van der Waals surface area contributed by atoms with E-state index in [9.17, 15) is 21.6 Å². The molecule has 1 fully saturated rings. The summed E-state index contributed by atoms with van der Waals surface area (Å²) in [5.74, 6) is -0.259. The van der Waals surface area contributed by atoms with Crippen LogP contribution >= 0.6 is 0 Å². The topological polar surface area (TPSA) is 136 Å². The van der Waals surface area contributed by atoms with Gasteiger partial charge in [-0.25, -0.2) is 22.0 Å². The van der Waals surface area contributed by atoms with Gasteiger partial charge < -0.3 is 10.1 Å². The number of carbonyl (C=O) groups is 1. The molecule has 1 aliphatic rings. The number of rotatable bonds is 7. The number of hydrogen-bond donors (Lipinski definition) is 2. The molecule has 2 aromatic rings. The molecule has 1 amide bonds. The van der Waals surface area contributed by atoms with E-state index in [2.05, 4.69) is 5.32 Å². The Hall–Kier alpha value is -2.47. The molecule has 0 spiro atoms. The van der Waals surface area contributed by atoms with Crippen LogP contribution in [0.2, 0.25) is 0 Å². The van der Waals surface area contributed by atoms with Crippen molar-refractivity contribution in [3.05, 3.63) is 48.5 Å². The van der Waals surface area contributed by atoms with E-state index < -0.39 is 26.0 Å². The van der Waals surface area contributed by atoms with Gasteiger partial charge in [-0.1, -0.05) is 0 Å². The number of hydrogen-bond acceptors (Lipinski definition) is 6. The van der Waals surface area contributed by atoms with Gasteiger partial charge in [-0.3, -0.25) is 4.79 Å². The van der Waals surface area contributed by atoms with Crippen LogP contribution in [0, 0.1) is 5.92 Å². The van der Waals surface area contributed by atoms with Gasteiger partial charge >= 0.3 is 0 Å². The number of nitrogens with zero attached hydrogens (tertiary/aromatic N) is 1. The molecular formula is C20H25N3O6S2. The van der Waals surface area contributed by atoms with Crippen molar-refractivity contribution in [2.45, 2.75) is 29.6 Å². The molecular weight excluding hydrogens is 442 g/mol. The van der Waals surface area contributed by atoms with Crippen LogP contribution in [0.25, 0.3) is 0 Å². The molecule has 1 heterocycles. The van der Waals surface area contributed by atoms with Crippen molar-refractivity contribution in [1.82, 2.24) is 4.31 Å². The van der Waals surface area contributed by atoms with Gasteiger partial charge in [0, 0.05) is 18.8 Å². The van der Waals surface area contributed by atoms with Gasteiger partial charge in [0.25, 0.3) is 0 Å². The summed E-state index contributed by atoms with van der Waals surface area (Å²) in [5.41, 5.74) is 0.406. The van der Waals surface area contributed by atoms with E-state index in [0.29, 0.717) is 37.4 Å². The highest BCUT2D eigenvalue weighted by molar-refractivity contribution is 7.89. The van der Waals surface area contributed by atoms with Crippen LogP contribution in [-0.2, 0) is 24.8 Å². The highest BCUT2D eigenvalue weighted by Gasteiger charge is 2.33. The van der Waals surface area contributed by atoms with E-state index in [4.69, 9.17) is 9.88 Å². The molecule has 168 valence electrons. The number of anilines is 1. The van der Waals surface area contributed by atoms with Crippen LogP contribution < -0.4 is 15.2 Å². The lowest BCUT2D eigenvalue weighted by Gasteiger charge is -2.31. The Labute approximate surface area is 182 Å². The van der Waals surface area contributed by atoms with Crippen molar-refractivity contribution in [3.8, 4) is 5.75 Å². The largest absolute Gasteiger partial charge is 0.494 e. The molecule has 0 aliphatic carbocycles. The van der Waals surface area contributed by atoms with Crippen LogP contribution in [0.1, 0.15) is 19.8 Å². The van der Waals surface area contributed by atoms with E-state index in [0.717, 1.165) is 0 Å². The summed E-state index contributed by atoms with van der Waals surface area (Å²) in [6.07, 6.45) is 1.11. The maximum atomic E-state index is 13.0. The maximum Gasteiger partial charge on any atom is 0.243 e. The van der Waals surface area contributed by atoms with Gasteiger partial charge in [-0.15, -0.1) is 0 Å². The van der Waals surface area contributed by atoms with E-state index in [1.54, 1.807) is 12.1 Å². The molecule has 1 atom stereocenters. The second-order valence-corrected chi connectivity index (χ2v) is 10.7. The zero-order valence-corrected chi connectivity index (χ0v) is 18.7. The minimum absolute atomic E-state index is 0.0595. The number of carbonyl (C=O) groups excluding carboxylic acids is 1. The van der Waals surface area contributed by atoms with Crippen LogP contribution in [0.3, 0.4) is 0 Å². The molecule has 0 bridgehead atoms. The Kier molecular flexibility index (Phi) is 6.99. The first kappa shape index (κ1) is 23.2. The molecule has 3 rings (SSSR count). The average molecular weight is 468 g/mol. The van der Waals surface area contributed by atoms with E-state index in [1.807, 2.05) is 6.92 Å². The van der Waals surface area contributed by atoms with Crippen molar-refractivity contribution in [1.29, 1.82) is 0 Å². The number of nitrogens with two attached hydrogens (primary N) is 1. The third-order valence-electron chi connectivity index (χ3n) is 4.98. The molecule has 0 aromatic heterocycles. The Balaban J connectivity index is 1.68. The Bertz CT molecular complexity index is 1130. The fourth-order valence-electron chi connectivity index (χ4n) is 3.37. The summed E-state index contributed by atoms with van der Waals surface area (Å²) in [4.78, 5) is 12.8. The molecule has 9 nitrogen and oxygen atoms in total.